The normalized spacial score (nSPS) is 12.5. The number of benzene rings is 3. The van der Waals surface area contributed by atoms with Crippen LogP contribution in [0, 0.1) is 0 Å². The Kier molecular flexibility index (Phi) is 8.49. The second-order valence-electron chi connectivity index (χ2n) is 8.13. The van der Waals surface area contributed by atoms with E-state index in [1.54, 1.807) is 19.1 Å². The van der Waals surface area contributed by atoms with E-state index in [0.29, 0.717) is 16.4 Å². The minimum atomic E-state index is -4.76. The second kappa shape index (κ2) is 11.2. The molecule has 0 aliphatic carbocycles. The van der Waals surface area contributed by atoms with Gasteiger partial charge in [0.15, 0.2) is 0 Å². The molecule has 1 atom stereocenters. The largest absolute Gasteiger partial charge is 0.416 e. The Labute approximate surface area is 217 Å². The fourth-order valence-corrected chi connectivity index (χ4v) is 4.60. The fraction of sp³-hybridized carbons (Fsp3) is 0.200. The number of sulfonamides is 1. The Balaban J connectivity index is 1.83. The summed E-state index contributed by atoms with van der Waals surface area (Å²) in [5.41, 5.74) is -0.568. The Morgan fingerprint density at radius 3 is 2.24 bits per heavy atom. The zero-order valence-corrected chi connectivity index (χ0v) is 21.3. The molecule has 196 valence electrons. The second-order valence-corrected chi connectivity index (χ2v) is 10.4. The van der Waals surface area contributed by atoms with Crippen molar-refractivity contribution in [2.24, 2.45) is 0 Å². The third kappa shape index (κ3) is 7.23. The van der Waals surface area contributed by atoms with Crippen LogP contribution in [0.15, 0.2) is 72.8 Å². The minimum absolute atomic E-state index is 0.0915. The van der Waals surface area contributed by atoms with Gasteiger partial charge in [-0.3, -0.25) is 13.9 Å². The molecule has 0 fully saturated rings. The summed E-state index contributed by atoms with van der Waals surface area (Å²) in [4.78, 5) is 25.8. The van der Waals surface area contributed by atoms with Gasteiger partial charge < -0.3 is 10.6 Å². The molecule has 37 heavy (non-hydrogen) atoms. The number of para-hydroxylation sites is 1. The van der Waals surface area contributed by atoms with Crippen LogP contribution in [0.25, 0.3) is 0 Å². The zero-order valence-electron chi connectivity index (χ0n) is 19.7. The highest BCUT2D eigenvalue weighted by molar-refractivity contribution is 7.92. The maximum Gasteiger partial charge on any atom is 0.416 e. The summed E-state index contributed by atoms with van der Waals surface area (Å²) in [5, 5.41) is 5.00. The van der Waals surface area contributed by atoms with E-state index in [2.05, 4.69) is 10.6 Å². The summed E-state index contributed by atoms with van der Waals surface area (Å²) < 4.78 is 64.9. The quantitative estimate of drug-likeness (QED) is 0.398. The number of carbonyl (C=O) groups is 2. The molecule has 2 amide bonds. The summed E-state index contributed by atoms with van der Waals surface area (Å²) in [6, 6.07) is 17.1. The predicted octanol–water partition coefficient (Wildman–Crippen LogP) is 5.25. The standard InChI is InChI=1S/C25H23ClF3N3O4S/c1-16(17-8-4-3-5-9-17)30-24(34)19-10-6-7-11-21(19)31-23(33)15-32(37(2,35)36)22-14-18(25(27,28)29)12-13-20(22)26/h3-14,16H,15H2,1-2H3,(H,30,34)(H,31,33)/t16-/m0/s1. The van der Waals surface area contributed by atoms with Gasteiger partial charge in [0, 0.05) is 0 Å². The highest BCUT2D eigenvalue weighted by Crippen LogP contribution is 2.36. The Bertz CT molecular complexity index is 1400. The van der Waals surface area contributed by atoms with E-state index < -0.39 is 45.8 Å². The molecule has 0 aliphatic rings. The lowest BCUT2D eigenvalue weighted by Crippen LogP contribution is -2.38. The first kappa shape index (κ1) is 28.0. The number of halogens is 4. The fourth-order valence-electron chi connectivity index (χ4n) is 3.47. The topological polar surface area (TPSA) is 95.6 Å². The van der Waals surface area contributed by atoms with Crippen molar-refractivity contribution in [2.45, 2.75) is 19.1 Å². The van der Waals surface area contributed by atoms with Crippen molar-refractivity contribution in [1.82, 2.24) is 5.32 Å². The van der Waals surface area contributed by atoms with Crippen LogP contribution in [0.5, 0.6) is 0 Å². The molecule has 12 heteroatoms. The first-order valence-electron chi connectivity index (χ1n) is 10.9. The third-order valence-electron chi connectivity index (χ3n) is 5.32. The van der Waals surface area contributed by atoms with Crippen LogP contribution in [0.4, 0.5) is 24.5 Å². The molecule has 0 unspecified atom stereocenters. The van der Waals surface area contributed by atoms with Crippen LogP contribution in [-0.2, 0) is 21.0 Å². The van der Waals surface area contributed by atoms with Gasteiger partial charge in [-0.1, -0.05) is 54.1 Å². The Morgan fingerprint density at radius 1 is 1.00 bits per heavy atom. The van der Waals surface area contributed by atoms with Gasteiger partial charge in [-0.05, 0) is 42.8 Å². The highest BCUT2D eigenvalue weighted by Gasteiger charge is 2.33. The van der Waals surface area contributed by atoms with Gasteiger partial charge in [0.1, 0.15) is 6.54 Å². The number of hydrogen-bond donors (Lipinski definition) is 2. The summed E-state index contributed by atoms with van der Waals surface area (Å²) in [5.74, 6) is -1.39. The molecule has 0 bridgehead atoms. The van der Waals surface area contributed by atoms with Crippen molar-refractivity contribution in [3.05, 3.63) is 94.5 Å². The van der Waals surface area contributed by atoms with Crippen molar-refractivity contribution >= 4 is 44.8 Å². The van der Waals surface area contributed by atoms with Gasteiger partial charge in [0.25, 0.3) is 5.91 Å². The molecule has 0 radical (unpaired) electrons. The lowest BCUT2D eigenvalue weighted by Gasteiger charge is -2.24. The van der Waals surface area contributed by atoms with Gasteiger partial charge in [0.05, 0.1) is 39.8 Å². The monoisotopic (exact) mass is 553 g/mol. The van der Waals surface area contributed by atoms with Gasteiger partial charge in [-0.25, -0.2) is 8.42 Å². The van der Waals surface area contributed by atoms with Gasteiger partial charge >= 0.3 is 6.18 Å². The number of hydrogen-bond acceptors (Lipinski definition) is 4. The van der Waals surface area contributed by atoms with E-state index in [-0.39, 0.29) is 22.3 Å². The van der Waals surface area contributed by atoms with E-state index in [1.165, 1.54) is 12.1 Å². The predicted molar refractivity (Wildman–Crippen MR) is 136 cm³/mol. The number of nitrogens with one attached hydrogen (secondary N) is 2. The average Bonchev–Trinajstić information content (AvgIpc) is 2.82. The molecule has 0 heterocycles. The van der Waals surface area contributed by atoms with Gasteiger partial charge in [0.2, 0.25) is 15.9 Å². The van der Waals surface area contributed by atoms with E-state index in [1.807, 2.05) is 30.3 Å². The summed E-state index contributed by atoms with van der Waals surface area (Å²) in [7, 11) is -4.22. The van der Waals surface area contributed by atoms with Crippen LogP contribution < -0.4 is 14.9 Å². The number of nitrogens with zero attached hydrogens (tertiary/aromatic N) is 1. The molecule has 0 spiro atoms. The van der Waals surface area contributed by atoms with Crippen molar-refractivity contribution in [1.29, 1.82) is 0 Å². The maximum atomic E-state index is 13.2. The zero-order chi connectivity index (χ0) is 27.4. The average molecular weight is 554 g/mol. The van der Waals surface area contributed by atoms with Crippen molar-refractivity contribution in [2.75, 3.05) is 22.4 Å². The number of rotatable bonds is 8. The van der Waals surface area contributed by atoms with Gasteiger partial charge in [-0.15, -0.1) is 0 Å². The number of anilines is 2. The Hall–Kier alpha value is -3.57. The van der Waals surface area contributed by atoms with Gasteiger partial charge in [-0.2, -0.15) is 13.2 Å². The summed E-state index contributed by atoms with van der Waals surface area (Å²) in [6.07, 6.45) is -4.02. The van der Waals surface area contributed by atoms with Crippen LogP contribution in [0.1, 0.15) is 34.5 Å². The third-order valence-corrected chi connectivity index (χ3v) is 6.77. The molecule has 0 aromatic heterocycles. The first-order valence-corrected chi connectivity index (χ1v) is 13.1. The molecular weight excluding hydrogens is 531 g/mol. The molecular formula is C25H23ClF3N3O4S. The van der Waals surface area contributed by atoms with Crippen molar-refractivity contribution in [3.8, 4) is 0 Å². The molecule has 0 saturated heterocycles. The molecule has 3 aromatic carbocycles. The Morgan fingerprint density at radius 2 is 1.62 bits per heavy atom. The SMILES string of the molecule is C[C@H](NC(=O)c1ccccc1NC(=O)CN(c1cc(C(F)(F)F)ccc1Cl)S(C)(=O)=O)c1ccccc1. The first-order chi connectivity index (χ1) is 17.3. The molecule has 2 N–H and O–H groups in total. The van der Waals surface area contributed by atoms with E-state index in [4.69, 9.17) is 11.6 Å². The minimum Gasteiger partial charge on any atom is -0.345 e. The molecule has 0 aliphatic heterocycles. The molecule has 7 nitrogen and oxygen atoms in total. The van der Waals surface area contributed by atoms with Crippen LogP contribution in [0.2, 0.25) is 5.02 Å². The van der Waals surface area contributed by atoms with E-state index in [9.17, 15) is 31.2 Å². The summed E-state index contributed by atoms with van der Waals surface area (Å²) in [6.45, 7) is 0.910. The molecule has 0 saturated carbocycles. The van der Waals surface area contributed by atoms with E-state index >= 15 is 0 Å². The van der Waals surface area contributed by atoms with Crippen LogP contribution in [0.3, 0.4) is 0 Å². The van der Waals surface area contributed by atoms with Crippen LogP contribution >= 0.6 is 11.6 Å². The molecule has 3 aromatic rings. The van der Waals surface area contributed by atoms with Crippen molar-refractivity contribution in [3.63, 3.8) is 0 Å². The smallest absolute Gasteiger partial charge is 0.345 e. The van der Waals surface area contributed by atoms with Crippen LogP contribution in [-0.4, -0.2) is 33.0 Å². The lowest BCUT2D eigenvalue weighted by atomic mass is 10.1. The highest BCUT2D eigenvalue weighted by atomic mass is 35.5. The van der Waals surface area contributed by atoms with E-state index in [0.717, 1.165) is 17.9 Å². The lowest BCUT2D eigenvalue weighted by molar-refractivity contribution is -0.137. The summed E-state index contributed by atoms with van der Waals surface area (Å²) >= 11 is 6.00. The number of carbonyl (C=O) groups excluding carboxylic acids is 2. The van der Waals surface area contributed by atoms with Crippen molar-refractivity contribution < 1.29 is 31.2 Å². The molecule has 3 rings (SSSR count). The maximum absolute atomic E-state index is 13.2. The number of alkyl halides is 3. The number of amides is 2.